The second-order valence-electron chi connectivity index (χ2n) is 4.73. The molecule has 0 aliphatic carbocycles. The van der Waals surface area contributed by atoms with Gasteiger partial charge >= 0.3 is 0 Å². The van der Waals surface area contributed by atoms with E-state index in [1.165, 1.54) is 24.3 Å². The van der Waals surface area contributed by atoms with Crippen LogP contribution in [0.4, 0.5) is 8.78 Å². The van der Waals surface area contributed by atoms with E-state index in [-0.39, 0.29) is 18.2 Å². The molecule has 0 aliphatic rings. The van der Waals surface area contributed by atoms with Gasteiger partial charge in [0, 0.05) is 0 Å². The first-order valence-electron chi connectivity index (χ1n) is 6.32. The molecule has 0 bridgehead atoms. The fourth-order valence-electron chi connectivity index (χ4n) is 1.87. The molecule has 4 heteroatoms. The van der Waals surface area contributed by atoms with Crippen molar-refractivity contribution in [2.45, 2.75) is 26.6 Å². The maximum atomic E-state index is 13.8. The monoisotopic (exact) mass is 278 g/mol. The average Bonchev–Trinajstić information content (AvgIpc) is 2.38. The van der Waals surface area contributed by atoms with Crippen molar-refractivity contribution in [1.82, 2.24) is 0 Å². The average molecular weight is 278 g/mol. The van der Waals surface area contributed by atoms with Crippen LogP contribution in [0.2, 0.25) is 0 Å². The molecule has 1 atom stereocenters. The molecule has 2 aromatic rings. The first-order chi connectivity index (χ1) is 9.47. The molecule has 20 heavy (non-hydrogen) atoms. The number of hydrogen-bond acceptors (Lipinski definition) is 2. The molecule has 2 rings (SSSR count). The standard InChI is InChI=1S/C16H16F2O2/c1-10-7-14(17)5-3-13(10)9-20-16-6-4-12(11(2)19)8-15(16)18/h3-8,11,19H,9H2,1-2H3/t11-/m0/s1. The largest absolute Gasteiger partial charge is 0.486 e. The zero-order chi connectivity index (χ0) is 14.7. The summed E-state index contributed by atoms with van der Waals surface area (Å²) in [4.78, 5) is 0. The maximum Gasteiger partial charge on any atom is 0.165 e. The van der Waals surface area contributed by atoms with E-state index in [9.17, 15) is 13.9 Å². The van der Waals surface area contributed by atoms with E-state index in [1.807, 2.05) is 0 Å². The Morgan fingerprint density at radius 2 is 1.90 bits per heavy atom. The highest BCUT2D eigenvalue weighted by atomic mass is 19.1. The lowest BCUT2D eigenvalue weighted by atomic mass is 10.1. The highest BCUT2D eigenvalue weighted by molar-refractivity contribution is 5.31. The molecular weight excluding hydrogens is 262 g/mol. The van der Waals surface area contributed by atoms with Crippen LogP contribution in [0.3, 0.4) is 0 Å². The minimum atomic E-state index is -0.724. The topological polar surface area (TPSA) is 29.5 Å². The summed E-state index contributed by atoms with van der Waals surface area (Å²) in [7, 11) is 0. The number of benzene rings is 2. The summed E-state index contributed by atoms with van der Waals surface area (Å²) >= 11 is 0. The normalized spacial score (nSPS) is 12.2. The highest BCUT2D eigenvalue weighted by Gasteiger charge is 2.09. The zero-order valence-corrected chi connectivity index (χ0v) is 11.4. The summed E-state index contributed by atoms with van der Waals surface area (Å²) in [6, 6.07) is 8.71. The molecule has 1 N–H and O–H groups in total. The Labute approximate surface area is 116 Å². The molecule has 0 saturated carbocycles. The molecule has 2 aromatic carbocycles. The van der Waals surface area contributed by atoms with Gasteiger partial charge < -0.3 is 9.84 Å². The SMILES string of the molecule is Cc1cc(F)ccc1COc1ccc([C@H](C)O)cc1F. The third kappa shape index (κ3) is 3.33. The molecule has 0 aromatic heterocycles. The van der Waals surface area contributed by atoms with Gasteiger partial charge in [-0.1, -0.05) is 12.1 Å². The predicted molar refractivity (Wildman–Crippen MR) is 72.5 cm³/mol. The number of halogens is 2. The van der Waals surface area contributed by atoms with Crippen LogP contribution in [0.5, 0.6) is 5.75 Å². The second-order valence-corrected chi connectivity index (χ2v) is 4.73. The Morgan fingerprint density at radius 1 is 1.15 bits per heavy atom. The Bertz CT molecular complexity index is 609. The Hall–Kier alpha value is -1.94. The van der Waals surface area contributed by atoms with Crippen LogP contribution in [0.1, 0.15) is 29.7 Å². The molecule has 0 fully saturated rings. The molecule has 0 amide bonds. The number of aryl methyl sites for hydroxylation is 1. The van der Waals surface area contributed by atoms with E-state index in [1.54, 1.807) is 26.0 Å². The molecule has 2 nitrogen and oxygen atoms in total. The first kappa shape index (κ1) is 14.5. The van der Waals surface area contributed by atoms with Crippen LogP contribution in [-0.2, 0) is 6.61 Å². The van der Waals surface area contributed by atoms with E-state index in [0.717, 1.165) is 11.1 Å². The van der Waals surface area contributed by atoms with Gasteiger partial charge in [0.2, 0.25) is 0 Å². The maximum absolute atomic E-state index is 13.8. The highest BCUT2D eigenvalue weighted by Crippen LogP contribution is 2.23. The quantitative estimate of drug-likeness (QED) is 0.919. The minimum Gasteiger partial charge on any atom is -0.486 e. The predicted octanol–water partition coefficient (Wildman–Crippen LogP) is 3.91. The molecule has 0 spiro atoms. The van der Waals surface area contributed by atoms with Gasteiger partial charge in [-0.05, 0) is 54.8 Å². The first-order valence-corrected chi connectivity index (χ1v) is 6.32. The summed E-state index contributed by atoms with van der Waals surface area (Å²) in [6.07, 6.45) is -0.724. The Kier molecular flexibility index (Phi) is 4.35. The van der Waals surface area contributed by atoms with E-state index < -0.39 is 11.9 Å². The van der Waals surface area contributed by atoms with Crippen molar-refractivity contribution >= 4 is 0 Å². The fourth-order valence-corrected chi connectivity index (χ4v) is 1.87. The summed E-state index contributed by atoms with van der Waals surface area (Å²) in [5, 5.41) is 9.37. The van der Waals surface area contributed by atoms with Gasteiger partial charge in [0.05, 0.1) is 6.10 Å². The van der Waals surface area contributed by atoms with Crippen LogP contribution in [0.15, 0.2) is 36.4 Å². The third-order valence-corrected chi connectivity index (χ3v) is 3.13. The lowest BCUT2D eigenvalue weighted by molar-refractivity contribution is 0.198. The molecule has 0 unspecified atom stereocenters. The van der Waals surface area contributed by atoms with Crippen molar-refractivity contribution in [2.24, 2.45) is 0 Å². The lowest BCUT2D eigenvalue weighted by Gasteiger charge is -2.11. The van der Waals surface area contributed by atoms with Crippen molar-refractivity contribution in [3.05, 3.63) is 64.7 Å². The third-order valence-electron chi connectivity index (χ3n) is 3.13. The summed E-state index contributed by atoms with van der Waals surface area (Å²) < 4.78 is 32.2. The molecule has 0 saturated heterocycles. The van der Waals surface area contributed by atoms with Crippen LogP contribution in [0, 0.1) is 18.6 Å². The van der Waals surface area contributed by atoms with Gasteiger partial charge in [-0.3, -0.25) is 0 Å². The van der Waals surface area contributed by atoms with Gasteiger partial charge in [0.25, 0.3) is 0 Å². The van der Waals surface area contributed by atoms with Gasteiger partial charge in [-0.25, -0.2) is 8.78 Å². The molecular formula is C16H16F2O2. The molecule has 0 aliphatic heterocycles. The van der Waals surface area contributed by atoms with Gasteiger partial charge in [0.15, 0.2) is 11.6 Å². The zero-order valence-electron chi connectivity index (χ0n) is 11.4. The summed E-state index contributed by atoms with van der Waals surface area (Å²) in [5.41, 5.74) is 2.05. The number of aliphatic hydroxyl groups excluding tert-OH is 1. The smallest absolute Gasteiger partial charge is 0.165 e. The van der Waals surface area contributed by atoms with Crippen LogP contribution in [-0.4, -0.2) is 5.11 Å². The Morgan fingerprint density at radius 3 is 2.50 bits per heavy atom. The Balaban J connectivity index is 2.11. The van der Waals surface area contributed by atoms with Crippen molar-refractivity contribution in [1.29, 1.82) is 0 Å². The molecule has 0 heterocycles. The molecule has 0 radical (unpaired) electrons. The van der Waals surface area contributed by atoms with Crippen molar-refractivity contribution in [3.8, 4) is 5.75 Å². The fraction of sp³-hybridized carbons (Fsp3) is 0.250. The number of aliphatic hydroxyl groups is 1. The number of ether oxygens (including phenoxy) is 1. The molecule has 106 valence electrons. The number of hydrogen-bond donors (Lipinski definition) is 1. The van der Waals surface area contributed by atoms with Crippen molar-refractivity contribution in [3.63, 3.8) is 0 Å². The van der Waals surface area contributed by atoms with Gasteiger partial charge in [-0.2, -0.15) is 0 Å². The van der Waals surface area contributed by atoms with Crippen LogP contribution < -0.4 is 4.74 Å². The minimum absolute atomic E-state index is 0.109. The van der Waals surface area contributed by atoms with Gasteiger partial charge in [-0.15, -0.1) is 0 Å². The van der Waals surface area contributed by atoms with Crippen LogP contribution >= 0.6 is 0 Å². The van der Waals surface area contributed by atoms with E-state index in [2.05, 4.69) is 0 Å². The van der Waals surface area contributed by atoms with E-state index >= 15 is 0 Å². The van der Waals surface area contributed by atoms with E-state index in [0.29, 0.717) is 5.56 Å². The van der Waals surface area contributed by atoms with Crippen LogP contribution in [0.25, 0.3) is 0 Å². The lowest BCUT2D eigenvalue weighted by Crippen LogP contribution is -2.01. The summed E-state index contributed by atoms with van der Waals surface area (Å²) in [5.74, 6) is -0.722. The van der Waals surface area contributed by atoms with E-state index in [4.69, 9.17) is 4.74 Å². The van der Waals surface area contributed by atoms with Gasteiger partial charge in [0.1, 0.15) is 12.4 Å². The second kappa shape index (κ2) is 6.01. The summed E-state index contributed by atoms with van der Waals surface area (Å²) in [6.45, 7) is 3.50. The van der Waals surface area contributed by atoms with Crippen molar-refractivity contribution in [2.75, 3.05) is 0 Å². The number of rotatable bonds is 4. The van der Waals surface area contributed by atoms with Crippen molar-refractivity contribution < 1.29 is 18.6 Å².